The summed E-state index contributed by atoms with van der Waals surface area (Å²) in [4.78, 5) is 12.6. The zero-order chi connectivity index (χ0) is 22.7. The topological polar surface area (TPSA) is 51.2 Å². The van der Waals surface area contributed by atoms with E-state index >= 15 is 0 Å². The second-order valence-electron chi connectivity index (χ2n) is 12.2. The van der Waals surface area contributed by atoms with Gasteiger partial charge in [0.25, 0.3) is 0 Å². The van der Waals surface area contributed by atoms with Crippen LogP contribution >= 0.6 is 0 Å². The molecule has 0 bridgehead atoms. The Hall–Kier alpha value is -1.16. The molecule has 1 aromatic carbocycles. The Morgan fingerprint density at radius 3 is 2.41 bits per heavy atom. The van der Waals surface area contributed by atoms with E-state index in [-0.39, 0.29) is 17.1 Å². The molecule has 0 aliphatic heterocycles. The van der Waals surface area contributed by atoms with Crippen LogP contribution in [0.4, 0.5) is 0 Å². The van der Waals surface area contributed by atoms with Gasteiger partial charge in [0, 0.05) is 12.8 Å². The van der Waals surface area contributed by atoms with Gasteiger partial charge in [0.05, 0.1) is 10.6 Å². The third-order valence-electron chi connectivity index (χ3n) is 10.8. The van der Waals surface area contributed by atoms with Crippen molar-refractivity contribution < 1.29 is 13.2 Å². The van der Waals surface area contributed by atoms with E-state index in [0.717, 1.165) is 37.0 Å². The van der Waals surface area contributed by atoms with E-state index in [2.05, 4.69) is 20.8 Å². The van der Waals surface area contributed by atoms with Gasteiger partial charge in [-0.1, -0.05) is 39.0 Å². The molecule has 32 heavy (non-hydrogen) atoms. The number of hydrogen-bond donors (Lipinski definition) is 0. The molecule has 8 atom stereocenters. The lowest BCUT2D eigenvalue weighted by Crippen LogP contribution is -2.54. The fourth-order valence-electron chi connectivity index (χ4n) is 9.21. The Kier molecular flexibility index (Phi) is 5.63. The Bertz CT molecular complexity index is 970. The van der Waals surface area contributed by atoms with Gasteiger partial charge in [0.15, 0.2) is 9.84 Å². The molecule has 0 heterocycles. The van der Waals surface area contributed by atoms with E-state index in [1.807, 2.05) is 18.2 Å². The fraction of sp³-hybridized carbons (Fsp3) is 0.750. The molecule has 7 unspecified atom stereocenters. The number of rotatable bonds is 4. The predicted molar refractivity (Wildman–Crippen MR) is 128 cm³/mol. The summed E-state index contributed by atoms with van der Waals surface area (Å²) in [5.41, 5.74) is 0.610. The van der Waals surface area contributed by atoms with Gasteiger partial charge in [0.2, 0.25) is 0 Å². The highest BCUT2D eigenvalue weighted by atomic mass is 32.2. The van der Waals surface area contributed by atoms with Crippen molar-refractivity contribution in [1.82, 2.24) is 0 Å². The second-order valence-corrected chi connectivity index (χ2v) is 14.2. The average molecular weight is 457 g/mol. The Morgan fingerprint density at radius 2 is 1.66 bits per heavy atom. The van der Waals surface area contributed by atoms with Gasteiger partial charge in [-0.2, -0.15) is 0 Å². The van der Waals surface area contributed by atoms with Gasteiger partial charge in [-0.25, -0.2) is 8.42 Å². The highest BCUT2D eigenvalue weighted by Crippen LogP contribution is 2.68. The van der Waals surface area contributed by atoms with Crippen LogP contribution < -0.4 is 0 Å². The van der Waals surface area contributed by atoms with Gasteiger partial charge < -0.3 is 0 Å². The minimum atomic E-state index is -3.25. The standard InChI is InChI=1S/C28H40O3S/c1-19(18-32(30,31)22-7-5-4-6-8-22)24-11-12-25-23-10-9-20-17-21(29)13-15-27(20,2)26(23)14-16-28(24,25)3/h4-8,19-20,23-26H,9-18H2,1-3H3/t19-,20?,23?,24?,25?,26?,27?,28?/m1/s1. The average Bonchev–Trinajstić information content (AvgIpc) is 3.12. The molecule has 4 aliphatic rings. The third kappa shape index (κ3) is 3.51. The van der Waals surface area contributed by atoms with E-state index in [1.165, 1.54) is 38.5 Å². The van der Waals surface area contributed by atoms with Crippen molar-refractivity contribution in [2.75, 3.05) is 5.75 Å². The molecule has 0 spiro atoms. The van der Waals surface area contributed by atoms with Crippen molar-refractivity contribution in [2.45, 2.75) is 83.5 Å². The van der Waals surface area contributed by atoms with E-state index in [4.69, 9.17) is 0 Å². The molecule has 4 fully saturated rings. The number of carbonyl (C=O) groups excluding carboxylic acids is 1. The molecule has 1 aromatic rings. The summed E-state index contributed by atoms with van der Waals surface area (Å²) < 4.78 is 26.2. The first-order valence-corrected chi connectivity index (χ1v) is 14.6. The number of sulfone groups is 1. The van der Waals surface area contributed by atoms with E-state index in [1.54, 1.807) is 12.1 Å². The molecule has 3 nitrogen and oxygen atoms in total. The summed E-state index contributed by atoms with van der Waals surface area (Å²) in [6.07, 6.45) is 10.1. The first-order valence-electron chi connectivity index (χ1n) is 12.9. The number of carbonyl (C=O) groups is 1. The largest absolute Gasteiger partial charge is 0.300 e. The quantitative estimate of drug-likeness (QED) is 0.532. The lowest BCUT2D eigenvalue weighted by atomic mass is 9.44. The minimum Gasteiger partial charge on any atom is -0.300 e. The summed E-state index contributed by atoms with van der Waals surface area (Å²) in [5.74, 6) is 4.28. The molecule has 0 saturated heterocycles. The van der Waals surface area contributed by atoms with Crippen LogP contribution in [0.25, 0.3) is 0 Å². The summed E-state index contributed by atoms with van der Waals surface area (Å²) in [6.45, 7) is 7.19. The number of hydrogen-bond acceptors (Lipinski definition) is 3. The fourth-order valence-corrected chi connectivity index (χ4v) is 10.9. The molecule has 4 heteroatoms. The van der Waals surface area contributed by atoms with Crippen molar-refractivity contribution in [2.24, 2.45) is 46.3 Å². The summed E-state index contributed by atoms with van der Waals surface area (Å²) in [5, 5.41) is 0. The zero-order valence-corrected chi connectivity index (χ0v) is 20.9. The predicted octanol–water partition coefficient (Wildman–Crippen LogP) is 6.32. The Labute approximate surface area is 194 Å². The number of ketones is 1. The number of benzene rings is 1. The van der Waals surface area contributed by atoms with Crippen molar-refractivity contribution in [3.05, 3.63) is 30.3 Å². The molecule has 0 aromatic heterocycles. The van der Waals surface area contributed by atoms with Crippen LogP contribution in [0.15, 0.2) is 35.2 Å². The minimum absolute atomic E-state index is 0.186. The lowest BCUT2D eigenvalue weighted by molar-refractivity contribution is -0.140. The van der Waals surface area contributed by atoms with Crippen LogP contribution in [0.2, 0.25) is 0 Å². The third-order valence-corrected chi connectivity index (χ3v) is 12.8. The number of Topliss-reactive ketones (excluding diaryl/α,β-unsaturated/α-hetero) is 1. The first kappa shape index (κ1) is 22.6. The maximum Gasteiger partial charge on any atom is 0.178 e. The maximum absolute atomic E-state index is 13.1. The Balaban J connectivity index is 1.34. The van der Waals surface area contributed by atoms with E-state index in [0.29, 0.717) is 27.9 Å². The Morgan fingerprint density at radius 1 is 0.938 bits per heavy atom. The summed E-state index contributed by atoms with van der Waals surface area (Å²) in [6, 6.07) is 8.99. The molecule has 176 valence electrons. The molecule has 4 saturated carbocycles. The highest BCUT2D eigenvalue weighted by Gasteiger charge is 2.60. The molecule has 0 N–H and O–H groups in total. The van der Waals surface area contributed by atoms with Crippen LogP contribution in [0.1, 0.15) is 78.6 Å². The maximum atomic E-state index is 13.1. The molecular formula is C28H40O3S. The van der Waals surface area contributed by atoms with Gasteiger partial charge in [0.1, 0.15) is 5.78 Å². The summed E-state index contributed by atoms with van der Waals surface area (Å²) in [7, 11) is -3.25. The van der Waals surface area contributed by atoms with Crippen molar-refractivity contribution in [3.63, 3.8) is 0 Å². The molecule has 4 aliphatic carbocycles. The van der Waals surface area contributed by atoms with Crippen LogP contribution in [0.3, 0.4) is 0 Å². The van der Waals surface area contributed by atoms with Crippen LogP contribution in [-0.4, -0.2) is 20.0 Å². The highest BCUT2D eigenvalue weighted by molar-refractivity contribution is 7.91. The van der Waals surface area contributed by atoms with Crippen LogP contribution in [0.5, 0.6) is 0 Å². The molecular weight excluding hydrogens is 416 g/mol. The molecule has 0 amide bonds. The second kappa shape index (κ2) is 7.96. The van der Waals surface area contributed by atoms with Crippen LogP contribution in [-0.2, 0) is 14.6 Å². The number of fused-ring (bicyclic) bond motifs is 5. The van der Waals surface area contributed by atoms with Crippen LogP contribution in [0, 0.1) is 46.3 Å². The SMILES string of the molecule is C[C@H](CS(=O)(=O)c1ccccc1)C1CCC2C3CCC4CC(=O)CCC4(C)C3CCC21C. The lowest BCUT2D eigenvalue weighted by Gasteiger charge is -2.60. The normalized spacial score (nSPS) is 42.6. The van der Waals surface area contributed by atoms with Crippen molar-refractivity contribution in [3.8, 4) is 0 Å². The van der Waals surface area contributed by atoms with E-state index < -0.39 is 9.84 Å². The van der Waals surface area contributed by atoms with Crippen molar-refractivity contribution >= 4 is 15.6 Å². The van der Waals surface area contributed by atoms with Gasteiger partial charge >= 0.3 is 0 Å². The zero-order valence-electron chi connectivity index (χ0n) is 20.1. The smallest absolute Gasteiger partial charge is 0.178 e. The van der Waals surface area contributed by atoms with Crippen molar-refractivity contribution in [1.29, 1.82) is 0 Å². The van der Waals surface area contributed by atoms with Gasteiger partial charge in [-0.3, -0.25) is 4.79 Å². The van der Waals surface area contributed by atoms with Gasteiger partial charge in [-0.15, -0.1) is 0 Å². The van der Waals surface area contributed by atoms with Gasteiger partial charge in [-0.05, 0) is 103 Å². The molecule has 5 rings (SSSR count). The molecule has 0 radical (unpaired) electrons. The summed E-state index contributed by atoms with van der Waals surface area (Å²) >= 11 is 0. The first-order chi connectivity index (χ1) is 15.1. The van der Waals surface area contributed by atoms with E-state index in [9.17, 15) is 13.2 Å². The monoisotopic (exact) mass is 456 g/mol.